The first-order valence-electron chi connectivity index (χ1n) is 6.99. The topological polar surface area (TPSA) is 18.5 Å². The third kappa shape index (κ3) is 3.71. The molecule has 1 aliphatic rings. The Morgan fingerprint density at radius 2 is 2.21 bits per heavy atom. The zero-order chi connectivity index (χ0) is 13.8. The molecule has 0 saturated carbocycles. The fourth-order valence-corrected chi connectivity index (χ4v) is 3.33. The van der Waals surface area contributed by atoms with E-state index in [-0.39, 0.29) is 0 Å². The molecule has 2 atom stereocenters. The molecule has 106 valence electrons. The minimum absolute atomic E-state index is 0.516. The number of hydrogen-bond donors (Lipinski definition) is 1. The third-order valence-corrected chi connectivity index (χ3v) is 4.36. The fourth-order valence-electron chi connectivity index (χ4n) is 2.95. The number of nitrogens with zero attached hydrogens (tertiary/aromatic N) is 2. The second-order valence-electron chi connectivity index (χ2n) is 5.50. The molecule has 1 saturated heterocycles. The van der Waals surface area contributed by atoms with Crippen molar-refractivity contribution in [1.82, 2.24) is 10.2 Å². The highest BCUT2D eigenvalue weighted by molar-refractivity contribution is 9.10. The molecule has 1 fully saturated rings. The van der Waals surface area contributed by atoms with Gasteiger partial charge in [0, 0.05) is 29.3 Å². The highest BCUT2D eigenvalue weighted by atomic mass is 79.9. The number of halogens is 1. The molecule has 0 aliphatic carbocycles. The molecule has 1 aromatic carbocycles. The normalized spacial score (nSPS) is 25.4. The molecule has 2 unspecified atom stereocenters. The van der Waals surface area contributed by atoms with E-state index in [1.165, 1.54) is 18.7 Å². The van der Waals surface area contributed by atoms with Gasteiger partial charge in [-0.3, -0.25) is 0 Å². The van der Waals surface area contributed by atoms with E-state index in [0.29, 0.717) is 12.1 Å². The van der Waals surface area contributed by atoms with Gasteiger partial charge in [0.25, 0.3) is 0 Å². The Kier molecular flexibility index (Phi) is 5.25. The van der Waals surface area contributed by atoms with Gasteiger partial charge in [-0.15, -0.1) is 0 Å². The highest BCUT2D eigenvalue weighted by Gasteiger charge is 2.27. The lowest BCUT2D eigenvalue weighted by molar-refractivity contribution is 0.328. The molecular weight excluding hydrogens is 302 g/mol. The van der Waals surface area contributed by atoms with Crippen LogP contribution in [0.4, 0.5) is 5.69 Å². The van der Waals surface area contributed by atoms with Crippen molar-refractivity contribution in [3.63, 3.8) is 0 Å². The molecule has 0 bridgehead atoms. The van der Waals surface area contributed by atoms with Crippen molar-refractivity contribution in [3.8, 4) is 0 Å². The zero-order valence-electron chi connectivity index (χ0n) is 12.1. The lowest BCUT2D eigenvalue weighted by atomic mass is 10.1. The molecule has 0 amide bonds. The minimum Gasteiger partial charge on any atom is -0.363 e. The van der Waals surface area contributed by atoms with Gasteiger partial charge >= 0.3 is 0 Å². The highest BCUT2D eigenvalue weighted by Crippen LogP contribution is 2.26. The van der Waals surface area contributed by atoms with Crippen molar-refractivity contribution in [2.75, 3.05) is 38.6 Å². The molecule has 0 aromatic heterocycles. The van der Waals surface area contributed by atoms with Crippen LogP contribution in [0, 0.1) is 0 Å². The Labute approximate surface area is 125 Å². The molecule has 1 heterocycles. The zero-order valence-corrected chi connectivity index (χ0v) is 13.7. The summed E-state index contributed by atoms with van der Waals surface area (Å²) < 4.78 is 1.15. The van der Waals surface area contributed by atoms with Gasteiger partial charge in [-0.25, -0.2) is 0 Å². The molecule has 1 aliphatic heterocycles. The second kappa shape index (κ2) is 6.73. The molecule has 0 spiro atoms. The predicted molar refractivity (Wildman–Crippen MR) is 85.9 cm³/mol. The summed E-state index contributed by atoms with van der Waals surface area (Å²) in [5.41, 5.74) is 1.32. The predicted octanol–water partition coefficient (Wildman–Crippen LogP) is 2.57. The monoisotopic (exact) mass is 325 g/mol. The maximum Gasteiger partial charge on any atom is 0.0544 e. The first kappa shape index (κ1) is 14.8. The summed E-state index contributed by atoms with van der Waals surface area (Å²) in [5, 5.41) is 3.34. The van der Waals surface area contributed by atoms with Gasteiger partial charge in [-0.2, -0.15) is 0 Å². The van der Waals surface area contributed by atoms with Gasteiger partial charge in [0.05, 0.1) is 6.04 Å². The Morgan fingerprint density at radius 1 is 1.42 bits per heavy atom. The summed E-state index contributed by atoms with van der Waals surface area (Å²) in [7, 11) is 4.26. The SMILES string of the molecule is CNCC1CN(C)CCC(C)N1c1cccc(Br)c1. The van der Waals surface area contributed by atoms with Gasteiger partial charge < -0.3 is 15.1 Å². The lowest BCUT2D eigenvalue weighted by Crippen LogP contribution is -2.49. The van der Waals surface area contributed by atoms with E-state index < -0.39 is 0 Å². The van der Waals surface area contributed by atoms with Crippen LogP contribution in [0.15, 0.2) is 28.7 Å². The first-order chi connectivity index (χ1) is 9.11. The van der Waals surface area contributed by atoms with Crippen molar-refractivity contribution >= 4 is 21.6 Å². The van der Waals surface area contributed by atoms with Crippen molar-refractivity contribution in [3.05, 3.63) is 28.7 Å². The maximum absolute atomic E-state index is 3.59. The lowest BCUT2D eigenvalue weighted by Gasteiger charge is -2.37. The molecule has 1 aromatic rings. The summed E-state index contributed by atoms with van der Waals surface area (Å²) in [6.45, 7) is 5.63. The maximum atomic E-state index is 3.59. The first-order valence-corrected chi connectivity index (χ1v) is 7.78. The Balaban J connectivity index is 2.30. The van der Waals surface area contributed by atoms with Crippen LogP contribution in [-0.2, 0) is 0 Å². The number of likely N-dealkylation sites (N-methyl/N-ethyl adjacent to an activating group) is 2. The van der Waals surface area contributed by atoms with Crippen LogP contribution >= 0.6 is 15.9 Å². The molecule has 4 heteroatoms. The quantitative estimate of drug-likeness (QED) is 0.921. The smallest absolute Gasteiger partial charge is 0.0544 e. The van der Waals surface area contributed by atoms with E-state index in [2.05, 4.69) is 69.3 Å². The van der Waals surface area contributed by atoms with E-state index in [0.717, 1.165) is 17.6 Å². The van der Waals surface area contributed by atoms with Crippen molar-refractivity contribution in [1.29, 1.82) is 0 Å². The van der Waals surface area contributed by atoms with Gasteiger partial charge in [0.1, 0.15) is 0 Å². The van der Waals surface area contributed by atoms with Crippen LogP contribution in [0.25, 0.3) is 0 Å². The summed E-state index contributed by atoms with van der Waals surface area (Å²) >= 11 is 3.59. The van der Waals surface area contributed by atoms with Crippen LogP contribution in [0.1, 0.15) is 13.3 Å². The van der Waals surface area contributed by atoms with Crippen molar-refractivity contribution in [2.45, 2.75) is 25.4 Å². The molecule has 19 heavy (non-hydrogen) atoms. The summed E-state index contributed by atoms with van der Waals surface area (Å²) in [6.07, 6.45) is 1.21. The molecular formula is C15H24BrN3. The molecule has 3 nitrogen and oxygen atoms in total. The molecule has 0 radical (unpaired) electrons. The van der Waals surface area contributed by atoms with Gasteiger partial charge in [-0.1, -0.05) is 22.0 Å². The van der Waals surface area contributed by atoms with Crippen LogP contribution in [0.3, 0.4) is 0 Å². The number of benzene rings is 1. The van der Waals surface area contributed by atoms with E-state index >= 15 is 0 Å². The molecule has 1 N–H and O–H groups in total. The summed E-state index contributed by atoms with van der Waals surface area (Å²) in [5.74, 6) is 0. The number of rotatable bonds is 3. The molecule has 2 rings (SSSR count). The van der Waals surface area contributed by atoms with Crippen molar-refractivity contribution < 1.29 is 0 Å². The number of hydrogen-bond acceptors (Lipinski definition) is 3. The number of anilines is 1. The van der Waals surface area contributed by atoms with Gasteiger partial charge in [-0.05, 0) is 52.2 Å². The summed E-state index contributed by atoms with van der Waals surface area (Å²) in [4.78, 5) is 5.02. The van der Waals surface area contributed by atoms with Crippen LogP contribution in [0.5, 0.6) is 0 Å². The van der Waals surface area contributed by atoms with Crippen LogP contribution in [0.2, 0.25) is 0 Å². The average Bonchev–Trinajstić information content (AvgIpc) is 2.49. The Morgan fingerprint density at radius 3 is 2.89 bits per heavy atom. The average molecular weight is 326 g/mol. The fraction of sp³-hybridized carbons (Fsp3) is 0.600. The second-order valence-corrected chi connectivity index (χ2v) is 6.41. The van der Waals surface area contributed by atoms with Crippen LogP contribution < -0.4 is 10.2 Å². The summed E-state index contributed by atoms with van der Waals surface area (Å²) in [6, 6.07) is 9.74. The Hall–Kier alpha value is -0.580. The van der Waals surface area contributed by atoms with Crippen LogP contribution in [-0.4, -0.2) is 50.7 Å². The van der Waals surface area contributed by atoms with Gasteiger partial charge in [0.15, 0.2) is 0 Å². The van der Waals surface area contributed by atoms with E-state index in [4.69, 9.17) is 0 Å². The Bertz CT molecular complexity index is 410. The van der Waals surface area contributed by atoms with Crippen molar-refractivity contribution in [2.24, 2.45) is 0 Å². The standard InChI is InChI=1S/C15H24BrN3/c1-12-7-8-18(3)11-15(10-17-2)19(12)14-6-4-5-13(16)9-14/h4-6,9,12,15,17H,7-8,10-11H2,1-3H3. The van der Waals surface area contributed by atoms with Gasteiger partial charge in [0.2, 0.25) is 0 Å². The van der Waals surface area contributed by atoms with E-state index in [1.54, 1.807) is 0 Å². The van der Waals surface area contributed by atoms with E-state index in [9.17, 15) is 0 Å². The largest absolute Gasteiger partial charge is 0.363 e. The minimum atomic E-state index is 0.516. The number of nitrogens with one attached hydrogen (secondary N) is 1. The third-order valence-electron chi connectivity index (χ3n) is 3.87. The van der Waals surface area contributed by atoms with E-state index in [1.807, 2.05) is 7.05 Å².